The van der Waals surface area contributed by atoms with Crippen LogP contribution in [0.5, 0.6) is 0 Å². The summed E-state index contributed by atoms with van der Waals surface area (Å²) in [5, 5.41) is 0.821. The molecule has 84 valence electrons. The molecule has 0 spiro atoms. The van der Waals surface area contributed by atoms with Gasteiger partial charge in [-0.1, -0.05) is 6.92 Å². The summed E-state index contributed by atoms with van der Waals surface area (Å²) in [6.07, 6.45) is 0.980. The van der Waals surface area contributed by atoms with Crippen LogP contribution in [0.1, 0.15) is 33.7 Å². The Morgan fingerprint density at radius 3 is 2.87 bits per heavy atom. The summed E-state index contributed by atoms with van der Waals surface area (Å²) in [5.41, 5.74) is 0.401. The van der Waals surface area contributed by atoms with Crippen molar-refractivity contribution in [3.63, 3.8) is 0 Å². The first-order chi connectivity index (χ1) is 7.19. The standard InChI is InChI=1S/C10H15NO3S/c1-4-5-14-6-8-11-9(7(2)15-8)10(12)13-3/h4-6H2,1-3H3. The fourth-order valence-corrected chi connectivity index (χ4v) is 1.96. The van der Waals surface area contributed by atoms with E-state index in [2.05, 4.69) is 9.72 Å². The van der Waals surface area contributed by atoms with Crippen LogP contribution in [0.2, 0.25) is 0 Å². The average molecular weight is 229 g/mol. The summed E-state index contributed by atoms with van der Waals surface area (Å²) >= 11 is 1.47. The molecule has 15 heavy (non-hydrogen) atoms. The van der Waals surface area contributed by atoms with Crippen molar-refractivity contribution in [3.8, 4) is 0 Å². The van der Waals surface area contributed by atoms with Crippen molar-refractivity contribution < 1.29 is 14.3 Å². The van der Waals surface area contributed by atoms with E-state index >= 15 is 0 Å². The van der Waals surface area contributed by atoms with Crippen molar-refractivity contribution in [3.05, 3.63) is 15.6 Å². The summed E-state index contributed by atoms with van der Waals surface area (Å²) < 4.78 is 9.97. The van der Waals surface area contributed by atoms with Gasteiger partial charge in [-0.05, 0) is 13.3 Å². The molecule has 0 radical (unpaired) electrons. The number of rotatable bonds is 5. The summed E-state index contributed by atoms with van der Waals surface area (Å²) in [6.45, 7) is 5.09. The molecule has 0 fully saturated rings. The Labute approximate surface area is 93.2 Å². The van der Waals surface area contributed by atoms with Gasteiger partial charge < -0.3 is 9.47 Å². The number of aryl methyl sites for hydroxylation is 1. The minimum absolute atomic E-state index is 0.384. The quantitative estimate of drug-likeness (QED) is 0.573. The zero-order valence-corrected chi connectivity index (χ0v) is 10.0. The Bertz CT molecular complexity index is 335. The lowest BCUT2D eigenvalue weighted by atomic mass is 10.4. The normalized spacial score (nSPS) is 10.3. The number of hydrogen-bond acceptors (Lipinski definition) is 5. The lowest BCUT2D eigenvalue weighted by Crippen LogP contribution is -2.03. The zero-order valence-electron chi connectivity index (χ0n) is 9.20. The van der Waals surface area contributed by atoms with Gasteiger partial charge >= 0.3 is 5.97 Å². The van der Waals surface area contributed by atoms with E-state index in [-0.39, 0.29) is 5.97 Å². The van der Waals surface area contributed by atoms with Gasteiger partial charge in [0.05, 0.1) is 13.7 Å². The van der Waals surface area contributed by atoms with Gasteiger partial charge in [-0.3, -0.25) is 0 Å². The smallest absolute Gasteiger partial charge is 0.357 e. The third-order valence-corrected chi connectivity index (χ3v) is 2.74. The van der Waals surface area contributed by atoms with Crippen molar-refractivity contribution in [2.75, 3.05) is 13.7 Å². The molecule has 0 aliphatic carbocycles. The third-order valence-electron chi connectivity index (χ3n) is 1.79. The molecule has 1 aromatic heterocycles. The fourth-order valence-electron chi connectivity index (χ4n) is 1.10. The van der Waals surface area contributed by atoms with Crippen LogP contribution in [0, 0.1) is 6.92 Å². The Morgan fingerprint density at radius 2 is 2.27 bits per heavy atom. The lowest BCUT2D eigenvalue weighted by molar-refractivity contribution is 0.0593. The second-order valence-electron chi connectivity index (χ2n) is 3.06. The van der Waals surface area contributed by atoms with Gasteiger partial charge in [0.25, 0.3) is 0 Å². The molecule has 1 rings (SSSR count). The van der Waals surface area contributed by atoms with E-state index in [9.17, 15) is 4.79 Å². The predicted octanol–water partition coefficient (Wildman–Crippen LogP) is 2.16. The van der Waals surface area contributed by atoms with Crippen molar-refractivity contribution >= 4 is 17.3 Å². The van der Waals surface area contributed by atoms with Gasteiger partial charge in [0.2, 0.25) is 0 Å². The molecule has 1 heterocycles. The first-order valence-electron chi connectivity index (χ1n) is 4.81. The van der Waals surface area contributed by atoms with Gasteiger partial charge in [0.15, 0.2) is 5.69 Å². The molecule has 1 aromatic rings. The highest BCUT2D eigenvalue weighted by Crippen LogP contribution is 2.18. The van der Waals surface area contributed by atoms with Crippen LogP contribution in [0.4, 0.5) is 0 Å². The SMILES string of the molecule is CCCOCc1nc(C(=O)OC)c(C)s1. The molecule has 5 heteroatoms. The number of thiazole rings is 1. The molecule has 0 aromatic carbocycles. The molecule has 0 aliphatic heterocycles. The van der Waals surface area contributed by atoms with Crippen LogP contribution in [0.25, 0.3) is 0 Å². The van der Waals surface area contributed by atoms with Crippen molar-refractivity contribution in [1.82, 2.24) is 4.98 Å². The Kier molecular flexibility index (Phi) is 4.71. The van der Waals surface area contributed by atoms with Crippen molar-refractivity contribution in [2.45, 2.75) is 26.9 Å². The molecule has 0 amide bonds. The number of carbonyl (C=O) groups excluding carboxylic acids is 1. The molecular weight excluding hydrogens is 214 g/mol. The minimum Gasteiger partial charge on any atom is -0.464 e. The van der Waals surface area contributed by atoms with Gasteiger partial charge in [-0.15, -0.1) is 11.3 Å². The van der Waals surface area contributed by atoms with E-state index < -0.39 is 0 Å². The van der Waals surface area contributed by atoms with Crippen LogP contribution in [-0.2, 0) is 16.1 Å². The van der Waals surface area contributed by atoms with Crippen LogP contribution in [-0.4, -0.2) is 24.7 Å². The first kappa shape index (κ1) is 12.1. The fraction of sp³-hybridized carbons (Fsp3) is 0.600. The topological polar surface area (TPSA) is 48.4 Å². The number of aromatic nitrogens is 1. The Morgan fingerprint density at radius 1 is 1.53 bits per heavy atom. The van der Waals surface area contributed by atoms with Gasteiger partial charge in [0.1, 0.15) is 5.01 Å². The van der Waals surface area contributed by atoms with Crippen LogP contribution < -0.4 is 0 Å². The van der Waals surface area contributed by atoms with E-state index in [1.165, 1.54) is 18.4 Å². The number of esters is 1. The molecule has 0 saturated carbocycles. The monoisotopic (exact) mass is 229 g/mol. The molecule has 0 bridgehead atoms. The Balaban J connectivity index is 2.64. The molecule has 0 saturated heterocycles. The van der Waals surface area contributed by atoms with Crippen LogP contribution in [0.15, 0.2) is 0 Å². The van der Waals surface area contributed by atoms with Crippen molar-refractivity contribution in [1.29, 1.82) is 0 Å². The van der Waals surface area contributed by atoms with E-state index in [0.29, 0.717) is 18.9 Å². The van der Waals surface area contributed by atoms with E-state index in [1.54, 1.807) is 0 Å². The second kappa shape index (κ2) is 5.82. The first-order valence-corrected chi connectivity index (χ1v) is 5.63. The predicted molar refractivity (Wildman–Crippen MR) is 58.1 cm³/mol. The maximum absolute atomic E-state index is 11.3. The highest BCUT2D eigenvalue weighted by atomic mass is 32.1. The van der Waals surface area contributed by atoms with E-state index in [4.69, 9.17) is 4.74 Å². The lowest BCUT2D eigenvalue weighted by Gasteiger charge is -1.97. The maximum Gasteiger partial charge on any atom is 0.357 e. The number of ether oxygens (including phenoxy) is 2. The van der Waals surface area contributed by atoms with E-state index in [0.717, 1.165) is 16.3 Å². The highest BCUT2D eigenvalue weighted by molar-refractivity contribution is 7.11. The van der Waals surface area contributed by atoms with Gasteiger partial charge in [-0.2, -0.15) is 0 Å². The van der Waals surface area contributed by atoms with E-state index in [1.807, 2.05) is 13.8 Å². The summed E-state index contributed by atoms with van der Waals surface area (Å²) in [7, 11) is 1.36. The maximum atomic E-state index is 11.3. The number of carbonyl (C=O) groups is 1. The largest absolute Gasteiger partial charge is 0.464 e. The second-order valence-corrected chi connectivity index (χ2v) is 4.34. The van der Waals surface area contributed by atoms with Crippen LogP contribution >= 0.6 is 11.3 Å². The number of methoxy groups -OCH3 is 1. The molecular formula is C10H15NO3S. The van der Waals surface area contributed by atoms with Gasteiger partial charge in [-0.25, -0.2) is 9.78 Å². The van der Waals surface area contributed by atoms with Crippen molar-refractivity contribution in [2.24, 2.45) is 0 Å². The summed E-state index contributed by atoms with van der Waals surface area (Å²) in [4.78, 5) is 16.3. The molecule has 4 nitrogen and oxygen atoms in total. The molecule has 0 N–H and O–H groups in total. The van der Waals surface area contributed by atoms with Crippen LogP contribution in [0.3, 0.4) is 0 Å². The molecule has 0 aliphatic rings. The minimum atomic E-state index is -0.384. The zero-order chi connectivity index (χ0) is 11.3. The number of nitrogens with zero attached hydrogens (tertiary/aromatic N) is 1. The molecule has 0 atom stereocenters. The summed E-state index contributed by atoms with van der Waals surface area (Å²) in [5.74, 6) is -0.384. The third kappa shape index (κ3) is 3.28. The summed E-state index contributed by atoms with van der Waals surface area (Å²) in [6, 6.07) is 0. The highest BCUT2D eigenvalue weighted by Gasteiger charge is 2.15. The number of hydrogen-bond donors (Lipinski definition) is 0. The average Bonchev–Trinajstić information content (AvgIpc) is 2.59. The Hall–Kier alpha value is -0.940. The van der Waals surface area contributed by atoms with Gasteiger partial charge in [0, 0.05) is 11.5 Å². The molecule has 0 unspecified atom stereocenters.